The van der Waals surface area contributed by atoms with Crippen LogP contribution in [-0.4, -0.2) is 9.97 Å². The van der Waals surface area contributed by atoms with Gasteiger partial charge in [0.25, 0.3) is 0 Å². The Morgan fingerprint density at radius 2 is 1.84 bits per heavy atom. The Hall–Kier alpha value is -2.18. The minimum atomic E-state index is -4.72. The SMILES string of the molecule is Cc1c(N)ncnc1-c1ccc(C(F)(F)F)c(F)c1. The highest BCUT2D eigenvalue weighted by atomic mass is 19.4. The molecule has 0 spiro atoms. The molecule has 2 rings (SSSR count). The fourth-order valence-corrected chi connectivity index (χ4v) is 1.65. The van der Waals surface area contributed by atoms with Crippen molar-refractivity contribution in [2.45, 2.75) is 13.1 Å². The third-order valence-electron chi connectivity index (χ3n) is 2.67. The quantitative estimate of drug-likeness (QED) is 0.810. The Balaban J connectivity index is 2.54. The molecule has 1 aromatic carbocycles. The number of anilines is 1. The monoisotopic (exact) mass is 271 g/mol. The number of nitrogen functional groups attached to an aromatic ring is 1. The molecular weight excluding hydrogens is 262 g/mol. The number of aromatic nitrogens is 2. The van der Waals surface area contributed by atoms with Crippen LogP contribution < -0.4 is 5.73 Å². The molecule has 0 radical (unpaired) electrons. The van der Waals surface area contributed by atoms with Gasteiger partial charge in [-0.15, -0.1) is 0 Å². The predicted octanol–water partition coefficient (Wildman–Crippen LogP) is 3.19. The second-order valence-corrected chi connectivity index (χ2v) is 3.92. The highest BCUT2D eigenvalue weighted by molar-refractivity contribution is 5.67. The molecule has 7 heteroatoms. The van der Waals surface area contributed by atoms with E-state index in [9.17, 15) is 17.6 Å². The first kappa shape index (κ1) is 13.3. The Morgan fingerprint density at radius 3 is 2.42 bits per heavy atom. The summed E-state index contributed by atoms with van der Waals surface area (Å²) in [4.78, 5) is 7.64. The molecule has 1 heterocycles. The van der Waals surface area contributed by atoms with Crippen molar-refractivity contribution in [3.8, 4) is 11.3 Å². The number of nitrogens with zero attached hydrogens (tertiary/aromatic N) is 2. The number of benzene rings is 1. The van der Waals surface area contributed by atoms with Crippen molar-refractivity contribution >= 4 is 5.82 Å². The van der Waals surface area contributed by atoms with Gasteiger partial charge in [-0.3, -0.25) is 0 Å². The van der Waals surface area contributed by atoms with Crippen molar-refractivity contribution < 1.29 is 17.6 Å². The zero-order chi connectivity index (χ0) is 14.2. The van der Waals surface area contributed by atoms with Gasteiger partial charge in [-0.1, -0.05) is 6.07 Å². The lowest BCUT2D eigenvalue weighted by Gasteiger charge is -2.10. The average Bonchev–Trinajstić information content (AvgIpc) is 2.31. The van der Waals surface area contributed by atoms with E-state index in [1.54, 1.807) is 6.92 Å². The first-order chi connectivity index (χ1) is 8.80. The lowest BCUT2D eigenvalue weighted by molar-refractivity contribution is -0.139. The molecule has 2 aromatic rings. The predicted molar refractivity (Wildman–Crippen MR) is 61.6 cm³/mol. The van der Waals surface area contributed by atoms with Crippen molar-refractivity contribution in [1.82, 2.24) is 9.97 Å². The molecule has 19 heavy (non-hydrogen) atoms. The topological polar surface area (TPSA) is 51.8 Å². The summed E-state index contributed by atoms with van der Waals surface area (Å²) in [7, 11) is 0. The van der Waals surface area contributed by atoms with Crippen molar-refractivity contribution in [2.75, 3.05) is 5.73 Å². The minimum absolute atomic E-state index is 0.199. The van der Waals surface area contributed by atoms with Crippen LogP contribution in [0.2, 0.25) is 0 Å². The van der Waals surface area contributed by atoms with Gasteiger partial charge < -0.3 is 5.73 Å². The van der Waals surface area contributed by atoms with E-state index >= 15 is 0 Å². The van der Waals surface area contributed by atoms with Crippen LogP contribution in [0.3, 0.4) is 0 Å². The van der Waals surface area contributed by atoms with Crippen LogP contribution in [0.5, 0.6) is 0 Å². The summed E-state index contributed by atoms with van der Waals surface area (Å²) in [6.07, 6.45) is -3.55. The van der Waals surface area contributed by atoms with E-state index in [0.717, 1.165) is 12.1 Å². The van der Waals surface area contributed by atoms with Gasteiger partial charge in [0.15, 0.2) is 0 Å². The first-order valence-corrected chi connectivity index (χ1v) is 5.25. The van der Waals surface area contributed by atoms with E-state index in [1.807, 2.05) is 0 Å². The summed E-state index contributed by atoms with van der Waals surface area (Å²) < 4.78 is 50.8. The molecule has 0 aliphatic carbocycles. The molecule has 0 saturated carbocycles. The maximum absolute atomic E-state index is 13.5. The number of hydrogen-bond acceptors (Lipinski definition) is 3. The van der Waals surface area contributed by atoms with E-state index in [1.165, 1.54) is 6.33 Å². The fraction of sp³-hybridized carbons (Fsp3) is 0.167. The molecule has 100 valence electrons. The summed E-state index contributed by atoms with van der Waals surface area (Å²) >= 11 is 0. The molecule has 0 saturated heterocycles. The second-order valence-electron chi connectivity index (χ2n) is 3.92. The van der Waals surface area contributed by atoms with Crippen LogP contribution in [0.1, 0.15) is 11.1 Å². The molecule has 1 aromatic heterocycles. The van der Waals surface area contributed by atoms with Gasteiger partial charge in [-0.25, -0.2) is 14.4 Å². The molecule has 0 bridgehead atoms. The van der Waals surface area contributed by atoms with E-state index in [0.29, 0.717) is 17.3 Å². The first-order valence-electron chi connectivity index (χ1n) is 5.25. The Kier molecular flexibility index (Phi) is 3.13. The van der Waals surface area contributed by atoms with Gasteiger partial charge >= 0.3 is 6.18 Å². The fourth-order valence-electron chi connectivity index (χ4n) is 1.65. The largest absolute Gasteiger partial charge is 0.419 e. The zero-order valence-corrected chi connectivity index (χ0v) is 9.79. The highest BCUT2D eigenvalue weighted by Crippen LogP contribution is 2.33. The van der Waals surface area contributed by atoms with E-state index in [4.69, 9.17) is 5.73 Å². The molecule has 0 amide bonds. The average molecular weight is 271 g/mol. The molecule has 0 atom stereocenters. The third-order valence-corrected chi connectivity index (χ3v) is 2.67. The molecule has 0 aliphatic rings. The van der Waals surface area contributed by atoms with Crippen molar-refractivity contribution in [3.05, 3.63) is 41.5 Å². The van der Waals surface area contributed by atoms with Gasteiger partial charge in [0.05, 0.1) is 11.3 Å². The molecule has 0 aliphatic heterocycles. The van der Waals surface area contributed by atoms with Crippen LogP contribution in [0.4, 0.5) is 23.4 Å². The summed E-state index contributed by atoms with van der Waals surface area (Å²) in [5.74, 6) is -1.15. The van der Waals surface area contributed by atoms with Crippen molar-refractivity contribution in [3.63, 3.8) is 0 Å². The van der Waals surface area contributed by atoms with Crippen LogP contribution >= 0.6 is 0 Å². The van der Waals surface area contributed by atoms with E-state index < -0.39 is 17.6 Å². The van der Waals surface area contributed by atoms with Gasteiger partial charge in [-0.05, 0) is 19.1 Å². The van der Waals surface area contributed by atoms with Crippen LogP contribution in [-0.2, 0) is 6.18 Å². The maximum Gasteiger partial charge on any atom is 0.419 e. The highest BCUT2D eigenvalue weighted by Gasteiger charge is 2.34. The maximum atomic E-state index is 13.5. The summed E-state index contributed by atoms with van der Waals surface area (Å²) in [5, 5.41) is 0. The lowest BCUT2D eigenvalue weighted by Crippen LogP contribution is -2.08. The van der Waals surface area contributed by atoms with E-state index in [-0.39, 0.29) is 11.4 Å². The normalized spacial score (nSPS) is 11.6. The van der Waals surface area contributed by atoms with Crippen molar-refractivity contribution in [2.24, 2.45) is 0 Å². The number of alkyl halides is 3. The zero-order valence-electron chi connectivity index (χ0n) is 9.79. The molecule has 2 N–H and O–H groups in total. The van der Waals surface area contributed by atoms with Crippen molar-refractivity contribution in [1.29, 1.82) is 0 Å². The Labute approximate surface area is 106 Å². The molecular formula is C12H9F4N3. The second kappa shape index (κ2) is 4.49. The van der Waals surface area contributed by atoms with Crippen LogP contribution in [0, 0.1) is 12.7 Å². The smallest absolute Gasteiger partial charge is 0.383 e. The van der Waals surface area contributed by atoms with Crippen LogP contribution in [0.15, 0.2) is 24.5 Å². The molecule has 0 fully saturated rings. The van der Waals surface area contributed by atoms with Gasteiger partial charge in [0, 0.05) is 11.1 Å². The number of nitrogens with two attached hydrogens (primary N) is 1. The number of halogens is 4. The summed E-state index contributed by atoms with van der Waals surface area (Å²) in [6.45, 7) is 1.61. The molecule has 0 unspecified atom stereocenters. The Morgan fingerprint density at radius 1 is 1.16 bits per heavy atom. The van der Waals surface area contributed by atoms with Gasteiger partial charge in [0.1, 0.15) is 18.0 Å². The summed E-state index contributed by atoms with van der Waals surface area (Å²) in [5.41, 5.74) is 5.27. The third kappa shape index (κ3) is 2.49. The van der Waals surface area contributed by atoms with Gasteiger partial charge in [0.2, 0.25) is 0 Å². The van der Waals surface area contributed by atoms with Gasteiger partial charge in [-0.2, -0.15) is 13.2 Å². The number of hydrogen-bond donors (Lipinski definition) is 1. The minimum Gasteiger partial charge on any atom is -0.383 e. The lowest BCUT2D eigenvalue weighted by atomic mass is 10.0. The van der Waals surface area contributed by atoms with Crippen LogP contribution in [0.25, 0.3) is 11.3 Å². The molecule has 3 nitrogen and oxygen atoms in total. The Bertz CT molecular complexity index is 623. The standard InChI is InChI=1S/C12H9F4N3/c1-6-10(18-5-19-11(6)17)7-2-3-8(9(13)4-7)12(14,15)16/h2-5H,1H3,(H2,17,18,19). The summed E-state index contributed by atoms with van der Waals surface area (Å²) in [6, 6.07) is 2.63. The number of rotatable bonds is 1. The van der Waals surface area contributed by atoms with E-state index in [2.05, 4.69) is 9.97 Å².